The number of benzene rings is 3. The van der Waals surface area contributed by atoms with Gasteiger partial charge in [0.2, 0.25) is 5.91 Å². The molecule has 5 rings (SSSR count). The Morgan fingerprint density at radius 1 is 0.929 bits per heavy atom. The highest BCUT2D eigenvalue weighted by Gasteiger charge is 2.31. The molecule has 1 unspecified atom stereocenters. The maximum absolute atomic E-state index is 14.0. The van der Waals surface area contributed by atoms with Gasteiger partial charge in [0.05, 0.1) is 6.04 Å². The van der Waals surface area contributed by atoms with Crippen LogP contribution in [0.3, 0.4) is 0 Å². The lowest BCUT2D eigenvalue weighted by Gasteiger charge is -2.42. The number of carbonyl (C=O) groups excluding carboxylic acids is 1. The van der Waals surface area contributed by atoms with Crippen molar-refractivity contribution in [3.05, 3.63) is 106 Å². The number of amides is 1. The van der Waals surface area contributed by atoms with E-state index in [0.29, 0.717) is 23.5 Å². The average molecular weight is 588 g/mol. The van der Waals surface area contributed by atoms with Gasteiger partial charge in [0.1, 0.15) is 0 Å². The number of halogens is 1. The largest absolute Gasteiger partial charge is 0.339 e. The predicted octanol–water partition coefficient (Wildman–Crippen LogP) is 4.78. The van der Waals surface area contributed by atoms with Crippen LogP contribution < -0.4 is 10.6 Å². The topological polar surface area (TPSA) is 50.9 Å². The van der Waals surface area contributed by atoms with Gasteiger partial charge >= 0.3 is 0 Å². The van der Waals surface area contributed by atoms with Gasteiger partial charge in [0.25, 0.3) is 0 Å². The predicted molar refractivity (Wildman–Crippen MR) is 173 cm³/mol. The number of hydrogen-bond acceptors (Lipinski definition) is 5. The van der Waals surface area contributed by atoms with E-state index in [1.807, 2.05) is 24.3 Å². The van der Waals surface area contributed by atoms with Crippen LogP contribution in [0.1, 0.15) is 42.1 Å². The van der Waals surface area contributed by atoms with E-state index < -0.39 is 0 Å². The Labute approximate surface area is 257 Å². The highest BCUT2D eigenvalue weighted by Crippen LogP contribution is 2.24. The second kappa shape index (κ2) is 15.1. The number of nitrogens with one attached hydrogen (secondary N) is 2. The highest BCUT2D eigenvalue weighted by molar-refractivity contribution is 6.30. The van der Waals surface area contributed by atoms with Crippen molar-refractivity contribution in [2.24, 2.45) is 0 Å². The highest BCUT2D eigenvalue weighted by atomic mass is 35.5. The fourth-order valence-corrected chi connectivity index (χ4v) is 6.49. The summed E-state index contributed by atoms with van der Waals surface area (Å²) in [7, 11) is 0. The molecule has 3 aromatic rings. The molecule has 2 aliphatic rings. The maximum atomic E-state index is 14.0. The Morgan fingerprint density at radius 3 is 2.29 bits per heavy atom. The van der Waals surface area contributed by atoms with Gasteiger partial charge in [-0.05, 0) is 60.3 Å². The molecule has 42 heavy (non-hydrogen) atoms. The molecule has 3 aromatic carbocycles. The second-order valence-electron chi connectivity index (χ2n) is 11.6. The van der Waals surface area contributed by atoms with E-state index in [4.69, 9.17) is 11.6 Å². The summed E-state index contributed by atoms with van der Waals surface area (Å²) >= 11 is 6.16. The van der Waals surface area contributed by atoms with Gasteiger partial charge in [-0.2, -0.15) is 0 Å². The maximum Gasteiger partial charge on any atom is 0.240 e. The quantitative estimate of drug-likeness (QED) is 0.319. The standard InChI is InChI=1S/C35H46ClN5O/c1-3-39(4-2)26-34(28-10-6-5-7-11-28)40-18-20-41(21-19-40)35(42)33(22-27-14-16-31(36)17-15-27)38-25-32-23-29-12-8-9-13-30(29)24-37-32/h5-17,32-34,37-38H,3-4,18-26H2,1-2H3/t32-,33-,34?/m1/s1. The van der Waals surface area contributed by atoms with Crippen molar-refractivity contribution in [1.29, 1.82) is 0 Å². The average Bonchev–Trinajstić information content (AvgIpc) is 3.04. The Hall–Kier alpha value is -2.74. The summed E-state index contributed by atoms with van der Waals surface area (Å²) in [6.45, 7) is 12.4. The molecule has 2 N–H and O–H groups in total. The molecule has 2 aliphatic heterocycles. The fraction of sp³-hybridized carbons (Fsp3) is 0.457. The van der Waals surface area contributed by atoms with Crippen LogP contribution in [0.4, 0.5) is 0 Å². The van der Waals surface area contributed by atoms with Crippen molar-refractivity contribution in [3.63, 3.8) is 0 Å². The van der Waals surface area contributed by atoms with E-state index in [-0.39, 0.29) is 11.9 Å². The summed E-state index contributed by atoms with van der Waals surface area (Å²) in [4.78, 5) is 21.2. The molecule has 0 aliphatic carbocycles. The summed E-state index contributed by atoms with van der Waals surface area (Å²) in [5, 5.41) is 8.05. The Kier molecular flexibility index (Phi) is 11.1. The molecule has 224 valence electrons. The summed E-state index contributed by atoms with van der Waals surface area (Å²) in [6.07, 6.45) is 1.62. The van der Waals surface area contributed by atoms with Crippen molar-refractivity contribution >= 4 is 17.5 Å². The van der Waals surface area contributed by atoms with Crippen LogP contribution >= 0.6 is 11.6 Å². The zero-order valence-electron chi connectivity index (χ0n) is 25.1. The van der Waals surface area contributed by atoms with E-state index in [0.717, 1.165) is 70.9 Å². The number of likely N-dealkylation sites (N-methyl/N-ethyl adjacent to an activating group) is 1. The molecule has 0 aromatic heterocycles. The lowest BCUT2D eigenvalue weighted by molar-refractivity contribution is -0.135. The van der Waals surface area contributed by atoms with Gasteiger partial charge in [-0.1, -0.05) is 92.2 Å². The molecule has 1 saturated heterocycles. The van der Waals surface area contributed by atoms with Gasteiger partial charge in [-0.25, -0.2) is 0 Å². The van der Waals surface area contributed by atoms with E-state index in [2.05, 4.69) is 93.8 Å². The van der Waals surface area contributed by atoms with E-state index in [1.54, 1.807) is 0 Å². The van der Waals surface area contributed by atoms with Crippen molar-refractivity contribution in [2.75, 3.05) is 52.4 Å². The van der Waals surface area contributed by atoms with Crippen LogP contribution in [0.25, 0.3) is 0 Å². The summed E-state index contributed by atoms with van der Waals surface area (Å²) in [5.74, 6) is 0.195. The number of carbonyl (C=O) groups is 1. The molecule has 6 nitrogen and oxygen atoms in total. The summed E-state index contributed by atoms with van der Waals surface area (Å²) < 4.78 is 0. The minimum absolute atomic E-state index is 0.195. The zero-order valence-corrected chi connectivity index (χ0v) is 25.9. The van der Waals surface area contributed by atoms with Gasteiger partial charge in [-0.15, -0.1) is 0 Å². The van der Waals surface area contributed by atoms with E-state index in [1.165, 1.54) is 16.7 Å². The monoisotopic (exact) mass is 587 g/mol. The van der Waals surface area contributed by atoms with Crippen LogP contribution in [-0.4, -0.2) is 85.0 Å². The van der Waals surface area contributed by atoms with Gasteiger partial charge in [0, 0.05) is 62.9 Å². The van der Waals surface area contributed by atoms with Gasteiger partial charge < -0.3 is 20.4 Å². The minimum atomic E-state index is -0.280. The second-order valence-corrected chi connectivity index (χ2v) is 12.1. The molecule has 0 bridgehead atoms. The third-order valence-electron chi connectivity index (χ3n) is 9.00. The van der Waals surface area contributed by atoms with Crippen LogP contribution in [0.5, 0.6) is 0 Å². The normalized spacial score (nSPS) is 19.0. The zero-order chi connectivity index (χ0) is 29.3. The molecule has 0 saturated carbocycles. The van der Waals surface area contributed by atoms with Crippen LogP contribution in [-0.2, 0) is 24.2 Å². The molecule has 7 heteroatoms. The summed E-state index contributed by atoms with van der Waals surface area (Å²) in [5.41, 5.74) is 5.25. The lowest BCUT2D eigenvalue weighted by Crippen LogP contribution is -2.57. The lowest BCUT2D eigenvalue weighted by atomic mass is 9.95. The third kappa shape index (κ3) is 8.00. The molecule has 1 fully saturated rings. The van der Waals surface area contributed by atoms with Crippen molar-refractivity contribution in [1.82, 2.24) is 25.3 Å². The first-order chi connectivity index (χ1) is 20.5. The fourth-order valence-electron chi connectivity index (χ4n) is 6.36. The van der Waals surface area contributed by atoms with Crippen LogP contribution in [0.2, 0.25) is 5.02 Å². The third-order valence-corrected chi connectivity index (χ3v) is 9.26. The number of fused-ring (bicyclic) bond motifs is 1. The van der Waals surface area contributed by atoms with Crippen molar-refractivity contribution < 1.29 is 4.79 Å². The number of rotatable bonds is 12. The molecular weight excluding hydrogens is 542 g/mol. The Morgan fingerprint density at radius 2 is 1.60 bits per heavy atom. The van der Waals surface area contributed by atoms with E-state index >= 15 is 0 Å². The first-order valence-electron chi connectivity index (χ1n) is 15.6. The molecule has 1 amide bonds. The first-order valence-corrected chi connectivity index (χ1v) is 16.0. The molecule has 0 spiro atoms. The Bertz CT molecular complexity index is 1260. The van der Waals surface area contributed by atoms with Crippen molar-refractivity contribution in [3.8, 4) is 0 Å². The first kappa shape index (κ1) is 30.7. The van der Waals surface area contributed by atoms with Gasteiger partial charge in [-0.3, -0.25) is 9.69 Å². The SMILES string of the molecule is CCN(CC)CC(c1ccccc1)N1CCN(C(=O)[C@@H](Cc2ccc(Cl)cc2)NC[C@H]2Cc3ccccc3CN2)CC1. The number of hydrogen-bond donors (Lipinski definition) is 2. The van der Waals surface area contributed by atoms with Gasteiger partial charge in [0.15, 0.2) is 0 Å². The van der Waals surface area contributed by atoms with E-state index in [9.17, 15) is 4.79 Å². The number of piperazine rings is 1. The molecule has 0 radical (unpaired) electrons. The smallest absolute Gasteiger partial charge is 0.240 e. The molecular formula is C35H46ClN5O. The van der Waals surface area contributed by atoms with Crippen molar-refractivity contribution in [2.45, 2.75) is 51.4 Å². The molecule has 2 heterocycles. The minimum Gasteiger partial charge on any atom is -0.339 e. The summed E-state index contributed by atoms with van der Waals surface area (Å²) in [6, 6.07) is 27.7. The van der Waals surface area contributed by atoms with Crippen LogP contribution in [0, 0.1) is 0 Å². The number of nitrogens with zero attached hydrogens (tertiary/aromatic N) is 3. The Balaban J connectivity index is 1.24. The molecule has 3 atom stereocenters. The van der Waals surface area contributed by atoms with Crippen LogP contribution in [0.15, 0.2) is 78.9 Å².